The van der Waals surface area contributed by atoms with Crippen LogP contribution in [0.25, 0.3) is 11.3 Å². The Morgan fingerprint density at radius 1 is 1.47 bits per heavy atom. The molecule has 1 aromatic carbocycles. The van der Waals surface area contributed by atoms with Gasteiger partial charge in [0.05, 0.1) is 19.3 Å². The van der Waals surface area contributed by atoms with Crippen molar-refractivity contribution < 1.29 is 9.15 Å². The van der Waals surface area contributed by atoms with Gasteiger partial charge in [-0.05, 0) is 25.1 Å². The zero-order chi connectivity index (χ0) is 12.4. The first-order valence-corrected chi connectivity index (χ1v) is 5.96. The Kier molecular flexibility index (Phi) is 3.49. The summed E-state index contributed by atoms with van der Waals surface area (Å²) in [7, 11) is 1.63. The highest BCUT2D eigenvalue weighted by Gasteiger charge is 2.12. The Bertz CT molecular complexity index is 523. The van der Waals surface area contributed by atoms with Crippen molar-refractivity contribution in [3.05, 3.63) is 34.8 Å². The van der Waals surface area contributed by atoms with Crippen LogP contribution in [0.15, 0.2) is 33.3 Å². The van der Waals surface area contributed by atoms with E-state index in [9.17, 15) is 0 Å². The number of nitrogens with zero attached hydrogens (tertiary/aromatic N) is 1. The number of rotatable bonds is 3. The lowest BCUT2D eigenvalue weighted by Gasteiger charge is -2.04. The molecule has 2 aromatic rings. The van der Waals surface area contributed by atoms with Crippen LogP contribution in [0, 0.1) is 0 Å². The van der Waals surface area contributed by atoms with Crippen LogP contribution < -0.4 is 10.5 Å². The topological polar surface area (TPSA) is 61.3 Å². The second-order valence-corrected chi connectivity index (χ2v) is 4.55. The van der Waals surface area contributed by atoms with Crippen molar-refractivity contribution in [3.63, 3.8) is 0 Å². The standard InChI is InChI=1S/C12H13BrN2O2/c1-7(14)12-15-6-11(17-12)9-5-8(16-2)3-4-10(9)13/h3-7H,14H2,1-2H3. The van der Waals surface area contributed by atoms with Gasteiger partial charge in [-0.25, -0.2) is 4.98 Å². The molecular formula is C12H13BrN2O2. The molecule has 0 radical (unpaired) electrons. The van der Waals surface area contributed by atoms with E-state index in [2.05, 4.69) is 20.9 Å². The number of methoxy groups -OCH3 is 1. The van der Waals surface area contributed by atoms with Gasteiger partial charge in [-0.1, -0.05) is 15.9 Å². The molecule has 1 unspecified atom stereocenters. The van der Waals surface area contributed by atoms with Crippen molar-refractivity contribution in [2.24, 2.45) is 5.73 Å². The fourth-order valence-electron chi connectivity index (χ4n) is 1.44. The van der Waals surface area contributed by atoms with Gasteiger partial charge in [0.1, 0.15) is 5.75 Å². The molecule has 1 heterocycles. The van der Waals surface area contributed by atoms with Gasteiger partial charge in [0.15, 0.2) is 5.76 Å². The van der Waals surface area contributed by atoms with Crippen LogP contribution in [0.5, 0.6) is 5.75 Å². The second kappa shape index (κ2) is 4.89. The number of nitrogens with two attached hydrogens (primary N) is 1. The quantitative estimate of drug-likeness (QED) is 0.945. The van der Waals surface area contributed by atoms with Crippen molar-refractivity contribution in [1.82, 2.24) is 4.98 Å². The molecule has 0 aliphatic heterocycles. The van der Waals surface area contributed by atoms with Crippen molar-refractivity contribution in [3.8, 4) is 17.1 Å². The number of halogens is 1. The molecule has 0 saturated carbocycles. The van der Waals surface area contributed by atoms with E-state index in [1.54, 1.807) is 13.3 Å². The highest BCUT2D eigenvalue weighted by molar-refractivity contribution is 9.10. The number of benzene rings is 1. The summed E-state index contributed by atoms with van der Waals surface area (Å²) in [5, 5.41) is 0. The molecule has 0 aliphatic rings. The molecule has 5 heteroatoms. The average Bonchev–Trinajstić information content (AvgIpc) is 2.79. The summed E-state index contributed by atoms with van der Waals surface area (Å²) in [6, 6.07) is 5.45. The van der Waals surface area contributed by atoms with Crippen molar-refractivity contribution in [1.29, 1.82) is 0 Å². The largest absolute Gasteiger partial charge is 0.497 e. The minimum absolute atomic E-state index is 0.215. The zero-order valence-electron chi connectivity index (χ0n) is 9.61. The molecule has 1 atom stereocenters. The van der Waals surface area contributed by atoms with Gasteiger partial charge in [-0.2, -0.15) is 0 Å². The summed E-state index contributed by atoms with van der Waals surface area (Å²) < 4.78 is 11.7. The summed E-state index contributed by atoms with van der Waals surface area (Å²) in [4.78, 5) is 4.14. The molecule has 4 nitrogen and oxygen atoms in total. The fourth-order valence-corrected chi connectivity index (χ4v) is 1.88. The molecule has 0 amide bonds. The van der Waals surface area contributed by atoms with Gasteiger partial charge in [0.25, 0.3) is 0 Å². The van der Waals surface area contributed by atoms with E-state index in [1.165, 1.54) is 0 Å². The Hall–Kier alpha value is -1.33. The first-order chi connectivity index (χ1) is 8.11. The van der Waals surface area contributed by atoms with E-state index in [4.69, 9.17) is 14.9 Å². The Morgan fingerprint density at radius 3 is 2.82 bits per heavy atom. The van der Waals surface area contributed by atoms with E-state index in [0.29, 0.717) is 11.7 Å². The maximum atomic E-state index is 5.71. The smallest absolute Gasteiger partial charge is 0.211 e. The number of aromatic nitrogens is 1. The van der Waals surface area contributed by atoms with Crippen LogP contribution in [0.1, 0.15) is 18.9 Å². The number of hydrogen-bond donors (Lipinski definition) is 1. The maximum Gasteiger partial charge on any atom is 0.211 e. The predicted molar refractivity (Wildman–Crippen MR) is 68.8 cm³/mol. The molecule has 0 fully saturated rings. The summed E-state index contributed by atoms with van der Waals surface area (Å²) >= 11 is 3.47. The lowest BCUT2D eigenvalue weighted by atomic mass is 10.2. The van der Waals surface area contributed by atoms with Gasteiger partial charge in [0, 0.05) is 10.0 Å². The van der Waals surface area contributed by atoms with E-state index in [1.807, 2.05) is 25.1 Å². The third-order valence-corrected chi connectivity index (χ3v) is 3.04. The number of hydrogen-bond acceptors (Lipinski definition) is 4. The molecule has 0 saturated heterocycles. The predicted octanol–water partition coefficient (Wildman–Crippen LogP) is 3.13. The Balaban J connectivity index is 2.44. The lowest BCUT2D eigenvalue weighted by Crippen LogP contribution is -2.04. The van der Waals surface area contributed by atoms with Gasteiger partial charge >= 0.3 is 0 Å². The molecule has 0 aliphatic carbocycles. The van der Waals surface area contributed by atoms with Crippen LogP contribution in [0.2, 0.25) is 0 Å². The van der Waals surface area contributed by atoms with Crippen LogP contribution in [0.4, 0.5) is 0 Å². The van der Waals surface area contributed by atoms with Crippen LogP contribution in [-0.4, -0.2) is 12.1 Å². The van der Waals surface area contributed by atoms with Gasteiger partial charge < -0.3 is 14.9 Å². The van der Waals surface area contributed by atoms with Gasteiger partial charge in [0.2, 0.25) is 5.89 Å². The van der Waals surface area contributed by atoms with E-state index in [0.717, 1.165) is 15.8 Å². The molecule has 2 N–H and O–H groups in total. The van der Waals surface area contributed by atoms with E-state index >= 15 is 0 Å². The molecule has 1 aromatic heterocycles. The second-order valence-electron chi connectivity index (χ2n) is 3.70. The number of ether oxygens (including phenoxy) is 1. The molecule has 0 spiro atoms. The summed E-state index contributed by atoms with van der Waals surface area (Å²) in [6.07, 6.45) is 1.66. The fraction of sp³-hybridized carbons (Fsp3) is 0.250. The van der Waals surface area contributed by atoms with E-state index < -0.39 is 0 Å². The monoisotopic (exact) mass is 296 g/mol. The molecular weight excluding hydrogens is 284 g/mol. The Labute approximate surface area is 108 Å². The third-order valence-electron chi connectivity index (χ3n) is 2.35. The molecule has 0 bridgehead atoms. The van der Waals surface area contributed by atoms with Crippen LogP contribution in [0.3, 0.4) is 0 Å². The Morgan fingerprint density at radius 2 is 2.24 bits per heavy atom. The highest BCUT2D eigenvalue weighted by atomic mass is 79.9. The summed E-state index contributed by atoms with van der Waals surface area (Å²) in [5.41, 5.74) is 6.60. The van der Waals surface area contributed by atoms with Crippen LogP contribution in [-0.2, 0) is 0 Å². The van der Waals surface area contributed by atoms with E-state index in [-0.39, 0.29) is 6.04 Å². The molecule has 2 rings (SSSR count). The van der Waals surface area contributed by atoms with Gasteiger partial charge in [-0.3, -0.25) is 0 Å². The van der Waals surface area contributed by atoms with Crippen LogP contribution >= 0.6 is 15.9 Å². The lowest BCUT2D eigenvalue weighted by molar-refractivity contribution is 0.414. The first kappa shape index (κ1) is 12.1. The third kappa shape index (κ3) is 2.50. The van der Waals surface area contributed by atoms with Crippen molar-refractivity contribution in [2.45, 2.75) is 13.0 Å². The first-order valence-electron chi connectivity index (χ1n) is 5.17. The maximum absolute atomic E-state index is 5.71. The number of oxazole rings is 1. The van der Waals surface area contributed by atoms with Gasteiger partial charge in [-0.15, -0.1) is 0 Å². The minimum Gasteiger partial charge on any atom is -0.497 e. The van der Waals surface area contributed by atoms with Crippen molar-refractivity contribution >= 4 is 15.9 Å². The van der Waals surface area contributed by atoms with Crippen molar-refractivity contribution in [2.75, 3.05) is 7.11 Å². The molecule has 90 valence electrons. The SMILES string of the molecule is COc1ccc(Br)c(-c2cnc(C(C)N)o2)c1. The zero-order valence-corrected chi connectivity index (χ0v) is 11.2. The highest BCUT2D eigenvalue weighted by Crippen LogP contribution is 2.32. The summed E-state index contributed by atoms with van der Waals surface area (Å²) in [6.45, 7) is 1.83. The average molecular weight is 297 g/mol. The molecule has 17 heavy (non-hydrogen) atoms. The summed E-state index contributed by atoms with van der Waals surface area (Å²) in [5.74, 6) is 1.96. The normalized spacial score (nSPS) is 12.5. The minimum atomic E-state index is -0.215.